The molecule has 0 aliphatic rings. The van der Waals surface area contributed by atoms with E-state index in [-0.39, 0.29) is 10.4 Å². The summed E-state index contributed by atoms with van der Waals surface area (Å²) in [5.74, 6) is -0.432. The Balaban J connectivity index is 2.41. The van der Waals surface area contributed by atoms with Crippen LogP contribution in [0.2, 0.25) is 5.02 Å². The summed E-state index contributed by atoms with van der Waals surface area (Å²) in [4.78, 5) is 2.15. The van der Waals surface area contributed by atoms with Gasteiger partial charge >= 0.3 is 0 Å². The van der Waals surface area contributed by atoms with Crippen molar-refractivity contribution in [3.8, 4) is 0 Å². The number of aryl methyl sites for hydroxylation is 1. The van der Waals surface area contributed by atoms with Crippen LogP contribution in [0.3, 0.4) is 0 Å². The zero-order chi connectivity index (χ0) is 11.7. The molecular weight excluding hydrogens is 266 g/mol. The zero-order valence-corrected chi connectivity index (χ0v) is 10.8. The van der Waals surface area contributed by atoms with E-state index in [0.717, 1.165) is 4.88 Å². The highest BCUT2D eigenvalue weighted by atomic mass is 35.5. The second-order valence-electron chi connectivity index (χ2n) is 3.45. The Morgan fingerprint density at radius 3 is 2.62 bits per heavy atom. The molecule has 0 saturated heterocycles. The van der Waals surface area contributed by atoms with Crippen molar-refractivity contribution in [2.75, 3.05) is 0 Å². The van der Waals surface area contributed by atoms with Gasteiger partial charge in [0.05, 0.1) is 10.4 Å². The van der Waals surface area contributed by atoms with Crippen molar-refractivity contribution in [3.05, 3.63) is 56.5 Å². The number of benzene rings is 1. The van der Waals surface area contributed by atoms with Gasteiger partial charge in [-0.3, -0.25) is 0 Å². The minimum atomic E-state index is -0.432. The second-order valence-corrected chi connectivity index (χ2v) is 5.59. The minimum absolute atomic E-state index is 0.105. The summed E-state index contributed by atoms with van der Waals surface area (Å²) < 4.78 is 13.3. The monoisotopic (exact) mass is 274 g/mol. The summed E-state index contributed by atoms with van der Waals surface area (Å²) in [5, 5.41) is -0.282. The van der Waals surface area contributed by atoms with Crippen LogP contribution in [0.5, 0.6) is 0 Å². The predicted octanol–water partition coefficient (Wildman–Crippen LogP) is 5.18. The van der Waals surface area contributed by atoms with E-state index in [4.69, 9.17) is 23.2 Å². The van der Waals surface area contributed by atoms with E-state index in [9.17, 15) is 4.39 Å². The number of alkyl halides is 1. The summed E-state index contributed by atoms with van der Waals surface area (Å²) in [7, 11) is 0. The van der Waals surface area contributed by atoms with Gasteiger partial charge in [-0.2, -0.15) is 0 Å². The van der Waals surface area contributed by atoms with Crippen molar-refractivity contribution in [3.63, 3.8) is 0 Å². The molecule has 0 nitrogen and oxygen atoms in total. The maximum atomic E-state index is 13.3. The maximum absolute atomic E-state index is 13.3. The molecule has 1 aromatic carbocycles. The Labute approximate surface area is 108 Å². The van der Waals surface area contributed by atoms with Crippen LogP contribution in [0, 0.1) is 12.7 Å². The van der Waals surface area contributed by atoms with Crippen molar-refractivity contribution in [2.45, 2.75) is 12.3 Å². The van der Waals surface area contributed by atoms with Gasteiger partial charge in [-0.05, 0) is 30.7 Å². The summed E-state index contributed by atoms with van der Waals surface area (Å²) >= 11 is 13.8. The average Bonchev–Trinajstić information content (AvgIpc) is 2.68. The van der Waals surface area contributed by atoms with Gasteiger partial charge in [-0.1, -0.05) is 23.7 Å². The molecule has 2 aromatic rings. The molecule has 1 heterocycles. The third kappa shape index (κ3) is 2.24. The Kier molecular flexibility index (Phi) is 3.53. The zero-order valence-electron chi connectivity index (χ0n) is 8.51. The molecule has 2 rings (SSSR count). The van der Waals surface area contributed by atoms with Gasteiger partial charge in [0.15, 0.2) is 0 Å². The van der Waals surface area contributed by atoms with Crippen LogP contribution in [0.4, 0.5) is 4.39 Å². The number of rotatable bonds is 2. The maximum Gasteiger partial charge on any atom is 0.142 e. The molecule has 0 amide bonds. The van der Waals surface area contributed by atoms with Gasteiger partial charge in [0.25, 0.3) is 0 Å². The number of halogens is 3. The molecule has 0 saturated carbocycles. The molecular formula is C12H9Cl2FS. The lowest BCUT2D eigenvalue weighted by Crippen LogP contribution is -1.93. The van der Waals surface area contributed by atoms with Crippen molar-refractivity contribution < 1.29 is 4.39 Å². The van der Waals surface area contributed by atoms with E-state index < -0.39 is 5.82 Å². The molecule has 0 spiro atoms. The SMILES string of the molecule is Cc1ccc(C(Cl)c2cccc(F)c2Cl)s1. The van der Waals surface area contributed by atoms with E-state index in [1.165, 1.54) is 10.9 Å². The molecule has 84 valence electrons. The van der Waals surface area contributed by atoms with Crippen molar-refractivity contribution in [1.29, 1.82) is 0 Å². The molecule has 4 heteroatoms. The van der Waals surface area contributed by atoms with Crippen LogP contribution >= 0.6 is 34.5 Å². The number of hydrogen-bond acceptors (Lipinski definition) is 1. The largest absolute Gasteiger partial charge is 0.205 e. The quantitative estimate of drug-likeness (QED) is 0.663. The van der Waals surface area contributed by atoms with Gasteiger partial charge in [-0.25, -0.2) is 4.39 Å². The molecule has 16 heavy (non-hydrogen) atoms. The Morgan fingerprint density at radius 1 is 1.25 bits per heavy atom. The topological polar surface area (TPSA) is 0 Å². The van der Waals surface area contributed by atoms with Gasteiger partial charge < -0.3 is 0 Å². The number of hydrogen-bond donors (Lipinski definition) is 0. The van der Waals surface area contributed by atoms with Crippen LogP contribution in [-0.2, 0) is 0 Å². The van der Waals surface area contributed by atoms with E-state index >= 15 is 0 Å². The lowest BCUT2D eigenvalue weighted by molar-refractivity contribution is 0.626. The standard InChI is InChI=1S/C12H9Cl2FS/c1-7-5-6-10(16-7)12(14)8-3-2-4-9(15)11(8)13/h2-6,12H,1H3. The molecule has 0 fully saturated rings. The summed E-state index contributed by atoms with van der Waals surface area (Å²) in [6.45, 7) is 2.00. The van der Waals surface area contributed by atoms with Gasteiger partial charge in [0.2, 0.25) is 0 Å². The van der Waals surface area contributed by atoms with Crippen molar-refractivity contribution in [1.82, 2.24) is 0 Å². The van der Waals surface area contributed by atoms with Gasteiger partial charge in [0.1, 0.15) is 5.82 Å². The van der Waals surface area contributed by atoms with Gasteiger partial charge in [-0.15, -0.1) is 22.9 Å². The van der Waals surface area contributed by atoms with E-state index in [1.807, 2.05) is 19.1 Å². The molecule has 1 aromatic heterocycles. The molecule has 0 bridgehead atoms. The highest BCUT2D eigenvalue weighted by Crippen LogP contribution is 2.37. The van der Waals surface area contributed by atoms with Crippen LogP contribution in [0.25, 0.3) is 0 Å². The van der Waals surface area contributed by atoms with E-state index in [0.29, 0.717) is 5.56 Å². The third-order valence-corrected chi connectivity index (χ3v) is 4.33. The molecule has 0 N–H and O–H groups in total. The Bertz CT molecular complexity index is 507. The van der Waals surface area contributed by atoms with E-state index in [1.54, 1.807) is 23.5 Å². The van der Waals surface area contributed by atoms with Crippen LogP contribution in [0.1, 0.15) is 20.7 Å². The van der Waals surface area contributed by atoms with E-state index in [2.05, 4.69) is 0 Å². The lowest BCUT2D eigenvalue weighted by atomic mass is 10.1. The Hall–Kier alpha value is -0.570. The minimum Gasteiger partial charge on any atom is -0.205 e. The van der Waals surface area contributed by atoms with Crippen LogP contribution in [0.15, 0.2) is 30.3 Å². The molecule has 0 aliphatic carbocycles. The first-order valence-corrected chi connectivity index (χ1v) is 6.37. The van der Waals surface area contributed by atoms with Crippen LogP contribution in [-0.4, -0.2) is 0 Å². The highest BCUT2D eigenvalue weighted by molar-refractivity contribution is 7.12. The summed E-state index contributed by atoms with van der Waals surface area (Å²) in [6.07, 6.45) is 0. The fourth-order valence-electron chi connectivity index (χ4n) is 1.46. The first-order chi connectivity index (χ1) is 7.59. The van der Waals surface area contributed by atoms with Crippen LogP contribution < -0.4 is 0 Å². The summed E-state index contributed by atoms with van der Waals surface area (Å²) in [6, 6.07) is 8.63. The van der Waals surface area contributed by atoms with Crippen molar-refractivity contribution in [2.24, 2.45) is 0 Å². The lowest BCUT2D eigenvalue weighted by Gasteiger charge is -2.10. The number of thiophene rings is 1. The summed E-state index contributed by atoms with van der Waals surface area (Å²) in [5.41, 5.74) is 0.616. The predicted molar refractivity (Wildman–Crippen MR) is 68.2 cm³/mol. The first kappa shape index (κ1) is 11.9. The Morgan fingerprint density at radius 2 is 2.00 bits per heavy atom. The smallest absolute Gasteiger partial charge is 0.142 e. The molecule has 1 atom stereocenters. The molecule has 1 unspecified atom stereocenters. The average molecular weight is 275 g/mol. The highest BCUT2D eigenvalue weighted by Gasteiger charge is 2.17. The molecule has 0 aliphatic heterocycles. The van der Waals surface area contributed by atoms with Gasteiger partial charge in [0, 0.05) is 9.75 Å². The molecule has 0 radical (unpaired) electrons. The van der Waals surface area contributed by atoms with Crippen molar-refractivity contribution >= 4 is 34.5 Å². The fourth-order valence-corrected chi connectivity index (χ4v) is 3.01. The second kappa shape index (κ2) is 4.74. The normalized spacial score (nSPS) is 12.8. The third-order valence-electron chi connectivity index (χ3n) is 2.27. The fraction of sp³-hybridized carbons (Fsp3) is 0.167. The first-order valence-electron chi connectivity index (χ1n) is 4.74.